The van der Waals surface area contributed by atoms with Crippen molar-refractivity contribution < 1.29 is 19.5 Å². The lowest BCUT2D eigenvalue weighted by molar-refractivity contribution is -0.140. The van der Waals surface area contributed by atoms with Gasteiger partial charge in [0.2, 0.25) is 12.3 Å². The molecule has 6 nitrogen and oxygen atoms in total. The van der Waals surface area contributed by atoms with Crippen molar-refractivity contribution in [3.63, 3.8) is 0 Å². The molecule has 3 N–H and O–H groups in total. The quantitative estimate of drug-likeness (QED) is 0.372. The Labute approximate surface area is 130 Å². The van der Waals surface area contributed by atoms with E-state index < -0.39 is 12.0 Å². The van der Waals surface area contributed by atoms with Crippen molar-refractivity contribution in [1.82, 2.24) is 10.6 Å². The standard InChI is InChI=1S/C14H26N2O4S/c1-10(2)4-5-11(3)16-13(18)8-21-7-6-12(14(19)20)15-9-17/h9-12H,4-8H2,1-3H3,(H,15,17)(H,16,18)(H,19,20). The average molecular weight is 318 g/mol. The lowest BCUT2D eigenvalue weighted by Crippen LogP contribution is -2.36. The van der Waals surface area contributed by atoms with Gasteiger partial charge >= 0.3 is 5.97 Å². The fraction of sp³-hybridized carbons (Fsp3) is 0.786. The number of amides is 2. The van der Waals surface area contributed by atoms with Gasteiger partial charge < -0.3 is 15.7 Å². The van der Waals surface area contributed by atoms with Crippen LogP contribution >= 0.6 is 11.8 Å². The van der Waals surface area contributed by atoms with E-state index in [9.17, 15) is 14.4 Å². The molecule has 0 radical (unpaired) electrons. The minimum atomic E-state index is -1.06. The van der Waals surface area contributed by atoms with E-state index in [1.165, 1.54) is 11.8 Å². The topological polar surface area (TPSA) is 95.5 Å². The smallest absolute Gasteiger partial charge is 0.326 e. The zero-order chi connectivity index (χ0) is 16.3. The molecule has 2 unspecified atom stereocenters. The van der Waals surface area contributed by atoms with Gasteiger partial charge in [-0.15, -0.1) is 0 Å². The summed E-state index contributed by atoms with van der Waals surface area (Å²) in [4.78, 5) is 32.7. The molecule has 0 saturated carbocycles. The molecule has 0 aromatic carbocycles. The third-order valence-corrected chi connectivity index (χ3v) is 3.93. The zero-order valence-electron chi connectivity index (χ0n) is 12.9. The number of carboxylic acids is 1. The number of carboxylic acid groups (broad SMARTS) is 1. The van der Waals surface area contributed by atoms with Crippen LogP contribution in [0.3, 0.4) is 0 Å². The first kappa shape index (κ1) is 19.8. The highest BCUT2D eigenvalue weighted by molar-refractivity contribution is 7.99. The Kier molecular flexibility index (Phi) is 10.7. The molecule has 0 aromatic rings. The highest BCUT2D eigenvalue weighted by Crippen LogP contribution is 2.08. The second-order valence-electron chi connectivity index (χ2n) is 5.46. The first-order valence-corrected chi connectivity index (χ1v) is 8.31. The first-order valence-electron chi connectivity index (χ1n) is 7.16. The van der Waals surface area contributed by atoms with Crippen molar-refractivity contribution in [1.29, 1.82) is 0 Å². The summed E-state index contributed by atoms with van der Waals surface area (Å²) in [6.07, 6.45) is 2.71. The van der Waals surface area contributed by atoms with Crippen LogP contribution in [0.2, 0.25) is 0 Å². The van der Waals surface area contributed by atoms with Crippen LogP contribution in [0.4, 0.5) is 0 Å². The normalized spacial score (nSPS) is 13.5. The highest BCUT2D eigenvalue weighted by Gasteiger charge is 2.16. The second-order valence-corrected chi connectivity index (χ2v) is 6.56. The van der Waals surface area contributed by atoms with Crippen molar-refractivity contribution in [3.05, 3.63) is 0 Å². The monoisotopic (exact) mass is 318 g/mol. The molecule has 0 rings (SSSR count). The Morgan fingerprint density at radius 2 is 1.86 bits per heavy atom. The molecular formula is C14H26N2O4S. The summed E-state index contributed by atoms with van der Waals surface area (Å²) in [5.41, 5.74) is 0. The van der Waals surface area contributed by atoms with Gasteiger partial charge in [-0.05, 0) is 37.9 Å². The maximum atomic E-state index is 11.7. The molecule has 2 amide bonds. The Morgan fingerprint density at radius 3 is 2.38 bits per heavy atom. The number of aliphatic carboxylic acids is 1. The van der Waals surface area contributed by atoms with Crippen LogP contribution in [0.1, 0.15) is 40.0 Å². The molecule has 0 aromatic heterocycles. The van der Waals surface area contributed by atoms with Gasteiger partial charge in [0.15, 0.2) is 0 Å². The van der Waals surface area contributed by atoms with E-state index in [1.807, 2.05) is 6.92 Å². The van der Waals surface area contributed by atoms with Crippen LogP contribution in [-0.2, 0) is 14.4 Å². The Morgan fingerprint density at radius 1 is 1.19 bits per heavy atom. The van der Waals surface area contributed by atoms with Crippen LogP contribution in [0.15, 0.2) is 0 Å². The minimum Gasteiger partial charge on any atom is -0.480 e. The number of carbonyl (C=O) groups is 3. The fourth-order valence-corrected chi connectivity index (χ4v) is 2.51. The molecule has 21 heavy (non-hydrogen) atoms. The van der Waals surface area contributed by atoms with E-state index in [4.69, 9.17) is 5.11 Å². The molecule has 2 atom stereocenters. The van der Waals surface area contributed by atoms with Crippen LogP contribution < -0.4 is 10.6 Å². The van der Waals surface area contributed by atoms with Gasteiger partial charge in [-0.3, -0.25) is 9.59 Å². The van der Waals surface area contributed by atoms with Gasteiger partial charge in [0, 0.05) is 6.04 Å². The highest BCUT2D eigenvalue weighted by atomic mass is 32.2. The van der Waals surface area contributed by atoms with Crippen LogP contribution in [0, 0.1) is 5.92 Å². The summed E-state index contributed by atoms with van der Waals surface area (Å²) in [7, 11) is 0. The van der Waals surface area contributed by atoms with Crippen molar-refractivity contribution in [2.75, 3.05) is 11.5 Å². The Balaban J connectivity index is 3.78. The number of rotatable bonds is 12. The van der Waals surface area contributed by atoms with Crippen LogP contribution in [-0.4, -0.2) is 47.0 Å². The number of nitrogens with one attached hydrogen (secondary N) is 2. The third kappa shape index (κ3) is 11.1. The summed E-state index contributed by atoms with van der Waals surface area (Å²) in [6.45, 7) is 6.28. The summed E-state index contributed by atoms with van der Waals surface area (Å²) in [5.74, 6) is 0.336. The van der Waals surface area contributed by atoms with E-state index in [0.717, 1.165) is 12.8 Å². The summed E-state index contributed by atoms with van der Waals surface area (Å²) >= 11 is 1.37. The maximum absolute atomic E-state index is 11.7. The predicted molar refractivity (Wildman–Crippen MR) is 84.2 cm³/mol. The number of carbonyl (C=O) groups excluding carboxylic acids is 2. The number of hydrogen-bond acceptors (Lipinski definition) is 4. The summed E-state index contributed by atoms with van der Waals surface area (Å²) < 4.78 is 0. The number of thioether (sulfide) groups is 1. The molecule has 0 heterocycles. The summed E-state index contributed by atoms with van der Waals surface area (Å²) in [5, 5.41) is 14.0. The zero-order valence-corrected chi connectivity index (χ0v) is 13.7. The van der Waals surface area contributed by atoms with Gasteiger partial charge in [-0.2, -0.15) is 11.8 Å². The lowest BCUT2D eigenvalue weighted by atomic mass is 10.0. The van der Waals surface area contributed by atoms with Crippen LogP contribution in [0.25, 0.3) is 0 Å². The van der Waals surface area contributed by atoms with Gasteiger partial charge in [-0.25, -0.2) is 4.79 Å². The lowest BCUT2D eigenvalue weighted by Gasteiger charge is -2.15. The van der Waals surface area contributed by atoms with E-state index >= 15 is 0 Å². The Bertz CT molecular complexity index is 337. The SMILES string of the molecule is CC(C)CCC(C)NC(=O)CSCCC(NC=O)C(=O)O. The molecule has 0 bridgehead atoms. The van der Waals surface area contributed by atoms with Gasteiger partial charge in [0.05, 0.1) is 5.75 Å². The molecule has 0 fully saturated rings. The average Bonchev–Trinajstić information content (AvgIpc) is 2.39. The van der Waals surface area contributed by atoms with Crippen LogP contribution in [0.5, 0.6) is 0 Å². The molecule has 0 saturated heterocycles. The molecule has 122 valence electrons. The molecular weight excluding hydrogens is 292 g/mol. The molecule has 0 aliphatic rings. The van der Waals surface area contributed by atoms with Gasteiger partial charge in [0.25, 0.3) is 0 Å². The third-order valence-electron chi connectivity index (χ3n) is 2.94. The largest absolute Gasteiger partial charge is 0.480 e. The number of hydrogen-bond donors (Lipinski definition) is 3. The van der Waals surface area contributed by atoms with Gasteiger partial charge in [-0.1, -0.05) is 13.8 Å². The predicted octanol–water partition coefficient (Wildman–Crippen LogP) is 1.25. The van der Waals surface area contributed by atoms with E-state index in [-0.39, 0.29) is 11.9 Å². The second kappa shape index (κ2) is 11.4. The van der Waals surface area contributed by atoms with Crippen molar-refractivity contribution >= 4 is 30.0 Å². The molecule has 0 spiro atoms. The molecule has 7 heteroatoms. The maximum Gasteiger partial charge on any atom is 0.326 e. The molecule has 0 aliphatic carbocycles. The van der Waals surface area contributed by atoms with Crippen molar-refractivity contribution in [2.24, 2.45) is 5.92 Å². The van der Waals surface area contributed by atoms with Crippen molar-refractivity contribution in [2.45, 2.75) is 52.1 Å². The Hall–Kier alpha value is -1.24. The fourth-order valence-electron chi connectivity index (χ4n) is 1.70. The van der Waals surface area contributed by atoms with Crippen molar-refractivity contribution in [3.8, 4) is 0 Å². The first-order chi connectivity index (χ1) is 9.86. The summed E-state index contributed by atoms with van der Waals surface area (Å²) in [6, 6.07) is -0.730. The van der Waals surface area contributed by atoms with Gasteiger partial charge in [0.1, 0.15) is 6.04 Å². The molecule has 0 aliphatic heterocycles. The van der Waals surface area contributed by atoms with E-state index in [0.29, 0.717) is 30.3 Å². The minimum absolute atomic E-state index is 0.0357. The van der Waals surface area contributed by atoms with E-state index in [2.05, 4.69) is 24.5 Å². The van der Waals surface area contributed by atoms with E-state index in [1.54, 1.807) is 0 Å².